The lowest BCUT2D eigenvalue weighted by molar-refractivity contribution is 0.174. The van der Waals surface area contributed by atoms with E-state index in [9.17, 15) is 0 Å². The van der Waals surface area contributed by atoms with Gasteiger partial charge in [-0.15, -0.1) is 0 Å². The first-order chi connectivity index (χ1) is 10.3. The van der Waals surface area contributed by atoms with Crippen LogP contribution in [0.1, 0.15) is 19.3 Å². The number of hydrogen-bond donors (Lipinski definition) is 0. The molecule has 4 nitrogen and oxygen atoms in total. The van der Waals surface area contributed by atoms with Gasteiger partial charge in [0.05, 0.1) is 0 Å². The first kappa shape index (κ1) is 14.4. The summed E-state index contributed by atoms with van der Waals surface area (Å²) in [5.74, 6) is 2.63. The fourth-order valence-corrected chi connectivity index (χ4v) is 2.97. The van der Waals surface area contributed by atoms with Crippen molar-refractivity contribution in [3.8, 4) is 11.5 Å². The molecule has 1 aromatic heterocycles. The Kier molecular flexibility index (Phi) is 4.48. The highest BCUT2D eigenvalue weighted by Crippen LogP contribution is 2.38. The lowest BCUT2D eigenvalue weighted by Crippen LogP contribution is -2.19. The van der Waals surface area contributed by atoms with Gasteiger partial charge in [0, 0.05) is 30.5 Å². The van der Waals surface area contributed by atoms with Crippen molar-refractivity contribution in [1.82, 2.24) is 4.98 Å². The van der Waals surface area contributed by atoms with Gasteiger partial charge in [-0.1, -0.05) is 22.4 Å². The highest BCUT2D eigenvalue weighted by atomic mass is 79.9. The second-order valence-corrected chi connectivity index (χ2v) is 6.03. The summed E-state index contributed by atoms with van der Waals surface area (Å²) in [5, 5.41) is 3.33. The fraction of sp³-hybridized carbons (Fsp3) is 0.438. The molecule has 0 fully saturated rings. The monoisotopic (exact) mass is 350 g/mol. The maximum Gasteiger partial charge on any atom is 0.231 e. The van der Waals surface area contributed by atoms with E-state index in [-0.39, 0.29) is 0 Å². The van der Waals surface area contributed by atoms with Gasteiger partial charge in [-0.25, -0.2) is 4.98 Å². The summed E-state index contributed by atoms with van der Waals surface area (Å²) < 4.78 is 10.9. The van der Waals surface area contributed by atoms with Gasteiger partial charge < -0.3 is 14.4 Å². The topological polar surface area (TPSA) is 34.6 Å². The molecule has 0 atom stereocenters. The molecule has 0 radical (unpaired) electrons. The molecule has 0 N–H and O–H groups in total. The van der Waals surface area contributed by atoms with E-state index < -0.39 is 0 Å². The van der Waals surface area contributed by atoms with Crippen LogP contribution in [0, 0.1) is 0 Å². The smallest absolute Gasteiger partial charge is 0.231 e. The van der Waals surface area contributed by atoms with E-state index in [1.165, 1.54) is 19.3 Å². The van der Waals surface area contributed by atoms with Crippen molar-refractivity contribution < 1.29 is 9.47 Å². The van der Waals surface area contributed by atoms with Crippen LogP contribution in [0.25, 0.3) is 10.8 Å². The van der Waals surface area contributed by atoms with Crippen LogP contribution in [-0.2, 0) is 0 Å². The molecule has 0 amide bonds. The van der Waals surface area contributed by atoms with E-state index in [1.54, 1.807) is 0 Å². The Morgan fingerprint density at radius 2 is 2.00 bits per heavy atom. The number of rotatable bonds is 6. The largest absolute Gasteiger partial charge is 0.454 e. The minimum atomic E-state index is 0.302. The Balaban J connectivity index is 1.84. The summed E-state index contributed by atoms with van der Waals surface area (Å²) in [4.78, 5) is 6.77. The first-order valence-corrected chi connectivity index (χ1v) is 8.37. The minimum Gasteiger partial charge on any atom is -0.454 e. The number of aromatic nitrogens is 1. The maximum absolute atomic E-state index is 5.48. The second-order valence-electron chi connectivity index (χ2n) is 5.23. The first-order valence-electron chi connectivity index (χ1n) is 7.25. The number of unbranched alkanes of at least 4 members (excludes halogenated alkanes) is 2. The molecule has 0 saturated carbocycles. The van der Waals surface area contributed by atoms with Crippen molar-refractivity contribution in [2.24, 2.45) is 0 Å². The molecule has 112 valence electrons. The number of hydrogen-bond acceptors (Lipinski definition) is 4. The zero-order valence-corrected chi connectivity index (χ0v) is 13.7. The number of alkyl halides is 1. The lowest BCUT2D eigenvalue weighted by Gasteiger charge is -2.20. The molecule has 0 aliphatic carbocycles. The highest BCUT2D eigenvalue weighted by molar-refractivity contribution is 9.09. The van der Waals surface area contributed by atoms with Crippen molar-refractivity contribution in [2.45, 2.75) is 19.3 Å². The molecule has 1 aromatic carbocycles. The van der Waals surface area contributed by atoms with E-state index in [4.69, 9.17) is 9.47 Å². The molecule has 0 spiro atoms. The summed E-state index contributed by atoms with van der Waals surface area (Å²) in [6, 6.07) is 6.08. The van der Waals surface area contributed by atoms with Crippen LogP contribution >= 0.6 is 15.9 Å². The predicted octanol–water partition coefficient (Wildman–Crippen LogP) is 3.96. The van der Waals surface area contributed by atoms with Crippen LogP contribution in [-0.4, -0.2) is 30.7 Å². The number of pyridine rings is 1. The molecular weight excluding hydrogens is 332 g/mol. The molecule has 1 aliphatic heterocycles. The van der Waals surface area contributed by atoms with Gasteiger partial charge in [-0.2, -0.15) is 0 Å². The fourth-order valence-electron chi connectivity index (χ4n) is 2.58. The zero-order chi connectivity index (χ0) is 14.7. The van der Waals surface area contributed by atoms with E-state index in [2.05, 4.69) is 32.9 Å². The number of fused-ring (bicyclic) bond motifs is 2. The Labute approximate surface area is 133 Å². The summed E-state index contributed by atoms with van der Waals surface area (Å²) in [7, 11) is 2.10. The van der Waals surface area contributed by atoms with Crippen LogP contribution in [0.15, 0.2) is 24.4 Å². The van der Waals surface area contributed by atoms with Crippen LogP contribution < -0.4 is 14.4 Å². The quantitative estimate of drug-likeness (QED) is 0.583. The molecule has 21 heavy (non-hydrogen) atoms. The van der Waals surface area contributed by atoms with Gasteiger partial charge in [-0.05, 0) is 36.4 Å². The molecule has 3 rings (SSSR count). The highest BCUT2D eigenvalue weighted by Gasteiger charge is 2.17. The number of anilines is 1. The minimum absolute atomic E-state index is 0.302. The maximum atomic E-state index is 5.48. The summed E-state index contributed by atoms with van der Waals surface area (Å²) in [6.07, 6.45) is 5.47. The number of benzene rings is 1. The molecule has 2 aromatic rings. The Hall–Kier alpha value is -1.49. The third kappa shape index (κ3) is 3.07. The van der Waals surface area contributed by atoms with E-state index in [0.717, 1.165) is 40.0 Å². The predicted molar refractivity (Wildman–Crippen MR) is 88.8 cm³/mol. The Morgan fingerprint density at radius 1 is 1.19 bits per heavy atom. The van der Waals surface area contributed by atoms with Crippen molar-refractivity contribution in [3.05, 3.63) is 24.4 Å². The van der Waals surface area contributed by atoms with Gasteiger partial charge >= 0.3 is 0 Å². The van der Waals surface area contributed by atoms with Gasteiger partial charge in [-0.3, -0.25) is 0 Å². The second kappa shape index (κ2) is 6.52. The summed E-state index contributed by atoms with van der Waals surface area (Å²) in [6.45, 7) is 1.31. The standard InChI is InChI=1S/C16H19BrN2O2/c1-19(8-4-2-3-6-17)16-13-10-15-14(20-11-21-15)9-12(13)5-7-18-16/h5,7,9-10H,2-4,6,8,11H2,1H3. The van der Waals surface area contributed by atoms with Gasteiger partial charge in [0.25, 0.3) is 0 Å². The van der Waals surface area contributed by atoms with Crippen molar-refractivity contribution >= 4 is 32.5 Å². The van der Waals surface area contributed by atoms with E-state index in [0.29, 0.717) is 6.79 Å². The SMILES string of the molecule is CN(CCCCCBr)c1nccc2cc3c(cc12)OCO3. The van der Waals surface area contributed by atoms with E-state index >= 15 is 0 Å². The molecule has 1 aliphatic rings. The average molecular weight is 351 g/mol. The van der Waals surface area contributed by atoms with Crippen molar-refractivity contribution in [3.63, 3.8) is 0 Å². The Bertz CT molecular complexity index is 633. The van der Waals surface area contributed by atoms with Crippen LogP contribution in [0.5, 0.6) is 11.5 Å². The Morgan fingerprint density at radius 3 is 2.81 bits per heavy atom. The van der Waals surface area contributed by atoms with Crippen LogP contribution in [0.4, 0.5) is 5.82 Å². The summed E-state index contributed by atoms with van der Waals surface area (Å²) in [5.41, 5.74) is 0. The number of ether oxygens (including phenoxy) is 2. The number of halogens is 1. The van der Waals surface area contributed by atoms with Crippen LogP contribution in [0.2, 0.25) is 0 Å². The van der Waals surface area contributed by atoms with Gasteiger partial charge in [0.1, 0.15) is 5.82 Å². The van der Waals surface area contributed by atoms with Gasteiger partial charge in [0.15, 0.2) is 11.5 Å². The molecule has 0 saturated heterocycles. The normalized spacial score (nSPS) is 12.9. The molecule has 2 heterocycles. The lowest BCUT2D eigenvalue weighted by atomic mass is 10.1. The van der Waals surface area contributed by atoms with Crippen molar-refractivity contribution in [2.75, 3.05) is 30.6 Å². The molecule has 5 heteroatoms. The number of nitrogens with zero attached hydrogens (tertiary/aromatic N) is 2. The van der Waals surface area contributed by atoms with E-state index in [1.807, 2.05) is 24.4 Å². The molecule has 0 bridgehead atoms. The van der Waals surface area contributed by atoms with Gasteiger partial charge in [0.2, 0.25) is 6.79 Å². The van der Waals surface area contributed by atoms with Crippen LogP contribution in [0.3, 0.4) is 0 Å². The summed E-state index contributed by atoms with van der Waals surface area (Å²) >= 11 is 3.47. The third-order valence-electron chi connectivity index (χ3n) is 3.73. The molecule has 0 unspecified atom stereocenters. The zero-order valence-electron chi connectivity index (χ0n) is 12.1. The third-order valence-corrected chi connectivity index (χ3v) is 4.29. The van der Waals surface area contributed by atoms with Crippen molar-refractivity contribution in [1.29, 1.82) is 0 Å². The average Bonchev–Trinajstić information content (AvgIpc) is 2.95. The molecular formula is C16H19BrN2O2.